The standard InChI is InChI=1S/C10H9N3/c11-9-6-5-7-3-1-2-4-8(7)10(9)13-12/h1-6,13H,11H2. The van der Waals surface area contributed by atoms with Gasteiger partial charge in [-0.25, -0.2) is 0 Å². The second-order valence-electron chi connectivity index (χ2n) is 2.86. The van der Waals surface area contributed by atoms with Crippen LogP contribution in [0.3, 0.4) is 0 Å². The molecule has 0 aliphatic rings. The Morgan fingerprint density at radius 3 is 2.62 bits per heavy atom. The lowest BCUT2D eigenvalue weighted by atomic mass is 10.1. The SMILES string of the molecule is [N-]=[NH+]c1c(N)ccc2ccccc12. The Balaban J connectivity index is 2.91. The van der Waals surface area contributed by atoms with E-state index in [9.17, 15) is 0 Å². The predicted molar refractivity (Wildman–Crippen MR) is 52.3 cm³/mol. The van der Waals surface area contributed by atoms with E-state index in [2.05, 4.69) is 5.11 Å². The van der Waals surface area contributed by atoms with Crippen LogP contribution in [0.5, 0.6) is 0 Å². The highest BCUT2D eigenvalue weighted by Crippen LogP contribution is 2.24. The summed E-state index contributed by atoms with van der Waals surface area (Å²) in [6.07, 6.45) is 0. The molecule has 0 aromatic heterocycles. The number of nitrogens with two attached hydrogens (primary N) is 1. The van der Waals surface area contributed by atoms with E-state index < -0.39 is 0 Å². The van der Waals surface area contributed by atoms with E-state index in [-0.39, 0.29) is 0 Å². The molecule has 0 atom stereocenters. The molecule has 0 spiro atoms. The maximum Gasteiger partial charge on any atom is 0.223 e. The average molecular weight is 171 g/mol. The molecule has 2 aromatic carbocycles. The summed E-state index contributed by atoms with van der Waals surface area (Å²) in [4.78, 5) is 0. The number of anilines is 1. The number of fused-ring (bicyclic) bond motifs is 1. The first-order valence-corrected chi connectivity index (χ1v) is 4.00. The zero-order valence-electron chi connectivity index (χ0n) is 6.99. The van der Waals surface area contributed by atoms with Crippen molar-refractivity contribution in [3.05, 3.63) is 41.9 Å². The van der Waals surface area contributed by atoms with Crippen molar-refractivity contribution >= 4 is 22.1 Å². The van der Waals surface area contributed by atoms with Gasteiger partial charge in [0.1, 0.15) is 5.69 Å². The molecule has 0 amide bonds. The van der Waals surface area contributed by atoms with Gasteiger partial charge in [0.15, 0.2) is 0 Å². The normalized spacial score (nSPS) is 10.2. The molecule has 2 aromatic rings. The first kappa shape index (κ1) is 7.73. The van der Waals surface area contributed by atoms with Crippen LogP contribution in [0.25, 0.3) is 16.3 Å². The van der Waals surface area contributed by atoms with Gasteiger partial charge in [0.2, 0.25) is 5.69 Å². The summed E-state index contributed by atoms with van der Waals surface area (Å²) in [6.45, 7) is 0. The van der Waals surface area contributed by atoms with E-state index in [1.807, 2.05) is 30.3 Å². The fourth-order valence-electron chi connectivity index (χ4n) is 1.41. The van der Waals surface area contributed by atoms with Gasteiger partial charge in [-0.15, -0.1) is 0 Å². The van der Waals surface area contributed by atoms with Gasteiger partial charge in [0.25, 0.3) is 0 Å². The zero-order chi connectivity index (χ0) is 9.26. The highest BCUT2D eigenvalue weighted by atomic mass is 15.0. The largest absolute Gasteiger partial charge is 0.502 e. The number of benzene rings is 2. The third-order valence-electron chi connectivity index (χ3n) is 2.07. The summed E-state index contributed by atoms with van der Waals surface area (Å²) in [5.74, 6) is 0. The van der Waals surface area contributed by atoms with Gasteiger partial charge in [0, 0.05) is 0 Å². The van der Waals surface area contributed by atoms with E-state index in [0.29, 0.717) is 11.4 Å². The third-order valence-corrected chi connectivity index (χ3v) is 2.07. The highest BCUT2D eigenvalue weighted by molar-refractivity contribution is 5.95. The van der Waals surface area contributed by atoms with Crippen molar-refractivity contribution < 1.29 is 5.11 Å². The van der Waals surface area contributed by atoms with Crippen molar-refractivity contribution in [3.63, 3.8) is 0 Å². The first-order chi connectivity index (χ1) is 6.33. The minimum atomic E-state index is 0.543. The van der Waals surface area contributed by atoms with E-state index in [1.54, 1.807) is 6.07 Å². The molecular formula is C10H9N3. The maximum absolute atomic E-state index is 8.89. The van der Waals surface area contributed by atoms with E-state index in [0.717, 1.165) is 10.8 Å². The Hall–Kier alpha value is -1.90. The zero-order valence-corrected chi connectivity index (χ0v) is 6.99. The summed E-state index contributed by atoms with van der Waals surface area (Å²) >= 11 is 0. The number of nitrogen functional groups attached to an aromatic ring is 1. The second kappa shape index (κ2) is 2.86. The number of hydrogen-bond donors (Lipinski definition) is 2. The van der Waals surface area contributed by atoms with Crippen LogP contribution >= 0.6 is 0 Å². The average Bonchev–Trinajstić information content (AvgIpc) is 2.18. The van der Waals surface area contributed by atoms with Crippen LogP contribution in [0.2, 0.25) is 0 Å². The molecule has 3 nitrogen and oxygen atoms in total. The molecule has 13 heavy (non-hydrogen) atoms. The first-order valence-electron chi connectivity index (χ1n) is 4.00. The molecule has 64 valence electrons. The number of nitrogens with one attached hydrogen (secondary N) is 1. The summed E-state index contributed by atoms with van der Waals surface area (Å²) < 4.78 is 0. The van der Waals surface area contributed by atoms with E-state index in [4.69, 9.17) is 11.3 Å². The summed E-state index contributed by atoms with van der Waals surface area (Å²) in [5.41, 5.74) is 15.7. The van der Waals surface area contributed by atoms with Crippen molar-refractivity contribution in [3.8, 4) is 0 Å². The molecular weight excluding hydrogens is 162 g/mol. The Bertz CT molecular complexity index is 463. The lowest BCUT2D eigenvalue weighted by Crippen LogP contribution is -2.55. The molecule has 0 heterocycles. The minimum Gasteiger partial charge on any atom is -0.502 e. The van der Waals surface area contributed by atoms with Crippen LogP contribution in [0, 0.1) is 0 Å². The maximum atomic E-state index is 8.89. The van der Waals surface area contributed by atoms with Gasteiger partial charge in [-0.1, -0.05) is 24.3 Å². The van der Waals surface area contributed by atoms with Crippen LogP contribution < -0.4 is 10.8 Å². The number of nitrogens with zero attached hydrogens (tertiary/aromatic N) is 1. The van der Waals surface area contributed by atoms with Crippen molar-refractivity contribution in [2.24, 2.45) is 0 Å². The van der Waals surface area contributed by atoms with Crippen LogP contribution in [0.1, 0.15) is 0 Å². The van der Waals surface area contributed by atoms with Crippen molar-refractivity contribution in [2.75, 3.05) is 5.73 Å². The van der Waals surface area contributed by atoms with Gasteiger partial charge in [-0.05, 0) is 17.5 Å². The molecule has 0 unspecified atom stereocenters. The Kier molecular flexibility index (Phi) is 1.70. The molecule has 0 aliphatic carbocycles. The monoisotopic (exact) mass is 171 g/mol. The van der Waals surface area contributed by atoms with Crippen LogP contribution in [0.15, 0.2) is 36.4 Å². The minimum absolute atomic E-state index is 0.543. The second-order valence-corrected chi connectivity index (χ2v) is 2.86. The van der Waals surface area contributed by atoms with Gasteiger partial charge in [0.05, 0.1) is 5.39 Å². The summed E-state index contributed by atoms with van der Waals surface area (Å²) in [5, 5.41) is 4.08. The molecule has 0 bridgehead atoms. The molecule has 3 heteroatoms. The van der Waals surface area contributed by atoms with E-state index >= 15 is 0 Å². The van der Waals surface area contributed by atoms with Gasteiger partial charge in [-0.3, -0.25) is 5.11 Å². The molecule has 0 aliphatic heterocycles. The molecule has 0 radical (unpaired) electrons. The van der Waals surface area contributed by atoms with Crippen LogP contribution in [0.4, 0.5) is 11.4 Å². The summed E-state index contributed by atoms with van der Waals surface area (Å²) in [6, 6.07) is 11.4. The number of hydrogen-bond acceptors (Lipinski definition) is 1. The molecule has 0 saturated carbocycles. The van der Waals surface area contributed by atoms with E-state index in [1.165, 1.54) is 0 Å². The lowest BCUT2D eigenvalue weighted by molar-refractivity contribution is -0.376. The Labute approximate surface area is 75.7 Å². The smallest absolute Gasteiger partial charge is 0.223 e. The molecule has 0 saturated heterocycles. The highest BCUT2D eigenvalue weighted by Gasteiger charge is 2.05. The molecule has 2 rings (SSSR count). The van der Waals surface area contributed by atoms with Crippen molar-refractivity contribution in [2.45, 2.75) is 0 Å². The Morgan fingerprint density at radius 2 is 1.85 bits per heavy atom. The van der Waals surface area contributed by atoms with Gasteiger partial charge < -0.3 is 11.3 Å². The van der Waals surface area contributed by atoms with Crippen molar-refractivity contribution in [1.82, 2.24) is 0 Å². The lowest BCUT2D eigenvalue weighted by Gasteiger charge is -2.01. The fourth-order valence-corrected chi connectivity index (χ4v) is 1.41. The quantitative estimate of drug-likeness (QED) is 0.490. The van der Waals surface area contributed by atoms with Gasteiger partial charge in [-0.2, -0.15) is 0 Å². The van der Waals surface area contributed by atoms with Crippen LogP contribution in [-0.4, -0.2) is 0 Å². The molecule has 0 fully saturated rings. The van der Waals surface area contributed by atoms with Gasteiger partial charge >= 0.3 is 0 Å². The molecule has 3 N–H and O–H groups in total. The Morgan fingerprint density at radius 1 is 1.08 bits per heavy atom. The third kappa shape index (κ3) is 1.14. The van der Waals surface area contributed by atoms with Crippen molar-refractivity contribution in [1.29, 1.82) is 0 Å². The summed E-state index contributed by atoms with van der Waals surface area (Å²) in [7, 11) is 0. The topological polar surface area (TPSA) is 62.3 Å². The predicted octanol–water partition coefficient (Wildman–Crippen LogP) is 1.16. The van der Waals surface area contributed by atoms with Crippen LogP contribution in [-0.2, 0) is 0 Å². The number of rotatable bonds is 1. The fraction of sp³-hybridized carbons (Fsp3) is 0.